The molecule has 0 spiro atoms. The molecule has 4 heteroatoms. The van der Waals surface area contributed by atoms with Crippen molar-refractivity contribution in [1.82, 2.24) is 0 Å². The molecule has 19 heavy (non-hydrogen) atoms. The summed E-state index contributed by atoms with van der Waals surface area (Å²) in [5.74, 6) is -0.0682. The number of nitrogens with one attached hydrogen (secondary N) is 1. The van der Waals surface area contributed by atoms with E-state index in [0.29, 0.717) is 12.3 Å². The summed E-state index contributed by atoms with van der Waals surface area (Å²) in [7, 11) is 0. The van der Waals surface area contributed by atoms with Gasteiger partial charge >= 0.3 is 5.97 Å². The van der Waals surface area contributed by atoms with Gasteiger partial charge in [-0.25, -0.2) is 4.39 Å². The van der Waals surface area contributed by atoms with Gasteiger partial charge in [0.25, 0.3) is 0 Å². The first-order valence-corrected chi connectivity index (χ1v) is 5.90. The SMILES string of the molecule is CC(=O)Oc1ccc(NCc2ccc(F)cc2)cc1. The molecule has 0 radical (unpaired) electrons. The molecular weight excluding hydrogens is 245 g/mol. The highest BCUT2D eigenvalue weighted by atomic mass is 19.1. The molecule has 2 aromatic rings. The van der Waals surface area contributed by atoms with Crippen LogP contribution in [0.25, 0.3) is 0 Å². The maximum Gasteiger partial charge on any atom is 0.308 e. The van der Waals surface area contributed by atoms with Crippen LogP contribution in [0.4, 0.5) is 10.1 Å². The fourth-order valence-corrected chi connectivity index (χ4v) is 1.61. The molecule has 0 amide bonds. The van der Waals surface area contributed by atoms with Crippen molar-refractivity contribution in [2.75, 3.05) is 5.32 Å². The summed E-state index contributed by atoms with van der Waals surface area (Å²) in [5.41, 5.74) is 1.89. The number of rotatable bonds is 4. The van der Waals surface area contributed by atoms with Crippen molar-refractivity contribution >= 4 is 11.7 Å². The zero-order chi connectivity index (χ0) is 13.7. The lowest BCUT2D eigenvalue weighted by Crippen LogP contribution is -2.02. The summed E-state index contributed by atoms with van der Waals surface area (Å²) in [6.45, 7) is 1.97. The number of ether oxygens (including phenoxy) is 1. The number of anilines is 1. The molecule has 0 heterocycles. The lowest BCUT2D eigenvalue weighted by Gasteiger charge is -2.07. The number of hydrogen-bond donors (Lipinski definition) is 1. The Kier molecular flexibility index (Phi) is 4.13. The van der Waals surface area contributed by atoms with Crippen LogP contribution in [0.15, 0.2) is 48.5 Å². The van der Waals surface area contributed by atoms with Crippen molar-refractivity contribution in [3.8, 4) is 5.75 Å². The van der Waals surface area contributed by atoms with Crippen molar-refractivity contribution in [3.63, 3.8) is 0 Å². The highest BCUT2D eigenvalue weighted by molar-refractivity contribution is 5.69. The monoisotopic (exact) mass is 259 g/mol. The van der Waals surface area contributed by atoms with Crippen molar-refractivity contribution in [1.29, 1.82) is 0 Å². The van der Waals surface area contributed by atoms with Gasteiger partial charge in [0.15, 0.2) is 0 Å². The normalized spacial score (nSPS) is 10.0. The van der Waals surface area contributed by atoms with Crippen molar-refractivity contribution < 1.29 is 13.9 Å². The van der Waals surface area contributed by atoms with E-state index in [9.17, 15) is 9.18 Å². The van der Waals surface area contributed by atoms with Crippen LogP contribution < -0.4 is 10.1 Å². The Morgan fingerprint density at radius 1 is 1.11 bits per heavy atom. The predicted octanol–water partition coefficient (Wildman–Crippen LogP) is 3.36. The summed E-state index contributed by atoms with van der Waals surface area (Å²) < 4.78 is 17.7. The number of carbonyl (C=O) groups excluding carboxylic acids is 1. The van der Waals surface area contributed by atoms with Gasteiger partial charge in [0, 0.05) is 19.2 Å². The minimum absolute atomic E-state index is 0.241. The maximum absolute atomic E-state index is 12.7. The molecule has 0 unspecified atom stereocenters. The molecule has 98 valence electrons. The Labute approximate surface area is 111 Å². The first kappa shape index (κ1) is 13.1. The van der Waals surface area contributed by atoms with E-state index in [4.69, 9.17) is 4.74 Å². The summed E-state index contributed by atoms with van der Waals surface area (Å²) in [4.78, 5) is 10.8. The summed E-state index contributed by atoms with van der Waals surface area (Å²) in [6, 6.07) is 13.4. The predicted molar refractivity (Wildman–Crippen MR) is 71.5 cm³/mol. The van der Waals surface area contributed by atoms with E-state index >= 15 is 0 Å². The maximum atomic E-state index is 12.7. The Morgan fingerprint density at radius 3 is 2.32 bits per heavy atom. The minimum atomic E-state index is -0.341. The smallest absolute Gasteiger partial charge is 0.308 e. The second-order valence-corrected chi connectivity index (χ2v) is 4.10. The zero-order valence-electron chi connectivity index (χ0n) is 10.5. The molecule has 0 aromatic heterocycles. The van der Waals surface area contributed by atoms with Crippen LogP contribution in [0.2, 0.25) is 0 Å². The standard InChI is InChI=1S/C15H14FNO2/c1-11(18)19-15-8-6-14(7-9-15)17-10-12-2-4-13(16)5-3-12/h2-9,17H,10H2,1H3. The average Bonchev–Trinajstić information content (AvgIpc) is 2.39. The van der Waals surface area contributed by atoms with Crippen LogP contribution >= 0.6 is 0 Å². The number of hydrogen-bond acceptors (Lipinski definition) is 3. The van der Waals surface area contributed by atoms with Gasteiger partial charge in [0.05, 0.1) is 0 Å². The molecule has 0 atom stereocenters. The van der Waals surface area contributed by atoms with E-state index in [1.165, 1.54) is 19.1 Å². The molecule has 1 N–H and O–H groups in total. The van der Waals surface area contributed by atoms with Gasteiger partial charge in [-0.2, -0.15) is 0 Å². The third-order valence-corrected chi connectivity index (χ3v) is 2.53. The van der Waals surface area contributed by atoms with Crippen LogP contribution in [-0.2, 0) is 11.3 Å². The highest BCUT2D eigenvalue weighted by Crippen LogP contribution is 2.16. The van der Waals surface area contributed by atoms with Gasteiger partial charge in [-0.3, -0.25) is 4.79 Å². The van der Waals surface area contributed by atoms with E-state index in [0.717, 1.165) is 11.3 Å². The summed E-state index contributed by atoms with van der Waals surface area (Å²) in [6.07, 6.45) is 0. The van der Waals surface area contributed by atoms with Gasteiger partial charge in [0.2, 0.25) is 0 Å². The average molecular weight is 259 g/mol. The van der Waals surface area contributed by atoms with E-state index in [-0.39, 0.29) is 11.8 Å². The zero-order valence-corrected chi connectivity index (χ0v) is 10.5. The van der Waals surface area contributed by atoms with Gasteiger partial charge in [-0.15, -0.1) is 0 Å². The number of esters is 1. The van der Waals surface area contributed by atoms with Gasteiger partial charge in [-0.05, 0) is 42.0 Å². The Morgan fingerprint density at radius 2 is 1.74 bits per heavy atom. The van der Waals surface area contributed by atoms with Crippen LogP contribution in [-0.4, -0.2) is 5.97 Å². The lowest BCUT2D eigenvalue weighted by atomic mass is 10.2. The third-order valence-electron chi connectivity index (χ3n) is 2.53. The quantitative estimate of drug-likeness (QED) is 0.676. The van der Waals surface area contributed by atoms with Gasteiger partial charge in [0.1, 0.15) is 11.6 Å². The molecule has 0 saturated heterocycles. The van der Waals surface area contributed by atoms with E-state index < -0.39 is 0 Å². The molecule has 0 aliphatic rings. The molecule has 2 aromatic carbocycles. The Bertz CT molecular complexity index is 549. The largest absolute Gasteiger partial charge is 0.427 e. The fourth-order valence-electron chi connectivity index (χ4n) is 1.61. The van der Waals surface area contributed by atoms with Crippen molar-refractivity contribution in [3.05, 3.63) is 59.9 Å². The number of benzene rings is 2. The van der Waals surface area contributed by atoms with E-state index in [1.54, 1.807) is 24.3 Å². The molecule has 0 aliphatic carbocycles. The highest BCUT2D eigenvalue weighted by Gasteiger charge is 1.99. The van der Waals surface area contributed by atoms with E-state index in [1.807, 2.05) is 12.1 Å². The van der Waals surface area contributed by atoms with Crippen LogP contribution in [0.3, 0.4) is 0 Å². The second kappa shape index (κ2) is 6.00. The summed E-state index contributed by atoms with van der Waals surface area (Å²) >= 11 is 0. The molecule has 0 aliphatic heterocycles. The second-order valence-electron chi connectivity index (χ2n) is 4.10. The van der Waals surface area contributed by atoms with E-state index in [2.05, 4.69) is 5.32 Å². The topological polar surface area (TPSA) is 38.3 Å². The minimum Gasteiger partial charge on any atom is -0.427 e. The molecule has 0 saturated carbocycles. The number of carbonyl (C=O) groups is 1. The number of halogens is 1. The Balaban J connectivity index is 1.92. The first-order chi connectivity index (χ1) is 9.13. The molecular formula is C15H14FNO2. The molecule has 2 rings (SSSR count). The molecule has 0 bridgehead atoms. The van der Waals surface area contributed by atoms with Crippen LogP contribution in [0.1, 0.15) is 12.5 Å². The first-order valence-electron chi connectivity index (χ1n) is 5.90. The third kappa shape index (κ3) is 4.10. The van der Waals surface area contributed by atoms with Gasteiger partial charge < -0.3 is 10.1 Å². The van der Waals surface area contributed by atoms with Crippen molar-refractivity contribution in [2.45, 2.75) is 13.5 Å². The Hall–Kier alpha value is -2.36. The fraction of sp³-hybridized carbons (Fsp3) is 0.133. The van der Waals surface area contributed by atoms with Crippen LogP contribution in [0, 0.1) is 5.82 Å². The lowest BCUT2D eigenvalue weighted by molar-refractivity contribution is -0.131. The molecule has 3 nitrogen and oxygen atoms in total. The summed E-state index contributed by atoms with van der Waals surface area (Å²) in [5, 5.41) is 3.20. The molecule has 0 fully saturated rings. The van der Waals surface area contributed by atoms with Crippen molar-refractivity contribution in [2.24, 2.45) is 0 Å². The van der Waals surface area contributed by atoms with Gasteiger partial charge in [-0.1, -0.05) is 12.1 Å². The van der Waals surface area contributed by atoms with Crippen LogP contribution in [0.5, 0.6) is 5.75 Å².